The minimum Gasteiger partial charge on any atom is -0.493 e. The van der Waals surface area contributed by atoms with Gasteiger partial charge in [0.15, 0.2) is 22.1 Å². The first-order valence-corrected chi connectivity index (χ1v) is 52.7. The van der Waals surface area contributed by atoms with E-state index < -0.39 is 226 Å². The van der Waals surface area contributed by atoms with Gasteiger partial charge in [-0.3, -0.25) is 37.9 Å². The van der Waals surface area contributed by atoms with Crippen LogP contribution in [-0.2, 0) is 93.6 Å². The van der Waals surface area contributed by atoms with Gasteiger partial charge in [-0.2, -0.15) is 20.4 Å². The van der Waals surface area contributed by atoms with Crippen LogP contribution < -0.4 is 60.1 Å². The Morgan fingerprint density at radius 3 is 0.931 bits per heavy atom. The Morgan fingerprint density at radius 1 is 0.368 bits per heavy atom. The molecule has 12 heterocycles. The number of sulfonamides is 4. The van der Waals surface area contributed by atoms with Gasteiger partial charge in [0, 0.05) is 129 Å². The lowest BCUT2D eigenvalue weighted by atomic mass is 10.1. The normalized spacial score (nSPS) is 22.0. The molecule has 12 aromatic rings. The summed E-state index contributed by atoms with van der Waals surface area (Å²) in [4.78, 5) is 88.0. The maximum Gasteiger partial charge on any atom is 0.277 e. The molecule has 44 heteroatoms. The molecule has 40 nitrogen and oxygen atoms in total. The SMILES string of the molecule is [2H]C(CC1CCCN1C)NS(=O)(=O)c1ccc(OCCC)c(-c2nc3c(CC([2H])([2H])C([2H])([2H])[2H])nn(C([2H])([2H])[2H])c3c(=O)[nH]2)c1.[2H]C([2H])(CC1CCCN1C)NS(=O)(=O)c1ccc(OCCC)c(-c2nc3c(CC([2H])([2H])C([2H])([2H])[2H])nn(C([2H])([2H])[2H])c3c(=O)[nH]2)c1.[2H]C([2H])([2H])n1nc(C([2H])([2H])C([2H])([2H])C([2H])([2H])[2H])c2nc(-c3cc(S(=O)(=O)NCCC4CCCN4C)ccc3OCCC)[nH]c(=O)c21.[2H]C([2H])([2H])n1nc(CC([2H])([2H])C([2H])([2H])[2H])c2nc(-c3cc(S(=O)(=O)NCCC4CCCN4C)ccc3OCCC)[nH]c(=O)c21. The van der Waals surface area contributed by atoms with Gasteiger partial charge in [-0.1, -0.05) is 80.6 Å². The van der Waals surface area contributed by atoms with Crippen LogP contribution in [0.15, 0.2) is 112 Å². The average molecular weight is 2100 g/mol. The second kappa shape index (κ2) is 49.9. The molecule has 8 aromatic heterocycles. The minimum absolute atomic E-state index is 0.00815. The van der Waals surface area contributed by atoms with E-state index in [2.05, 4.69) is 93.9 Å². The van der Waals surface area contributed by atoms with Crippen LogP contribution in [0.5, 0.6) is 23.0 Å². The van der Waals surface area contributed by atoms with Gasteiger partial charge in [0.25, 0.3) is 22.2 Å². The molecule has 784 valence electrons. The van der Waals surface area contributed by atoms with Crippen molar-refractivity contribution in [2.45, 2.75) is 253 Å². The molecule has 4 fully saturated rings. The number of ether oxygens (including phenoxy) is 4. The fraction of sp³-hybridized carbons (Fsp3) is 0.560. The van der Waals surface area contributed by atoms with Crippen molar-refractivity contribution >= 4 is 84.2 Å². The average Bonchev–Trinajstić information content (AvgIpc) is 1.56. The van der Waals surface area contributed by atoms with Crippen molar-refractivity contribution in [3.05, 3.63) is 137 Å². The molecule has 4 aliphatic rings. The van der Waals surface area contributed by atoms with Gasteiger partial charge in [0.05, 0.1) is 91.0 Å². The van der Waals surface area contributed by atoms with Crippen LogP contribution in [0.3, 0.4) is 0 Å². The number of nitrogens with zero attached hydrogens (tertiary/aromatic N) is 16. The number of hydrogen-bond acceptors (Lipinski definition) is 28. The first kappa shape index (κ1) is 69.9. The van der Waals surface area contributed by atoms with Crippen molar-refractivity contribution in [2.75, 3.05) is 107 Å². The number of aromatic nitrogens is 16. The minimum atomic E-state index is -4.48. The van der Waals surface area contributed by atoms with Crippen LogP contribution in [-0.4, -0.2) is 263 Å². The number of nitrogens with one attached hydrogen (secondary N) is 8. The molecule has 0 saturated carbocycles. The molecule has 4 aliphatic heterocycles. The third-order valence-corrected chi connectivity index (χ3v) is 30.1. The van der Waals surface area contributed by atoms with Gasteiger partial charge in [0.1, 0.15) is 68.4 Å². The Bertz CT molecular complexity index is 8900. The molecule has 0 amide bonds. The van der Waals surface area contributed by atoms with Crippen LogP contribution in [0.2, 0.25) is 0 Å². The predicted octanol–water partition coefficient (Wildman–Crippen LogP) is 11.3. The van der Waals surface area contributed by atoms with E-state index >= 15 is 0 Å². The van der Waals surface area contributed by atoms with Gasteiger partial charge in [0.2, 0.25) is 40.1 Å². The van der Waals surface area contributed by atoms with E-state index in [1.54, 1.807) is 0 Å². The maximum atomic E-state index is 13.4. The fourth-order valence-electron chi connectivity index (χ4n) is 17.1. The summed E-state index contributed by atoms with van der Waals surface area (Å²) in [5.74, 6) is -0.616. The lowest BCUT2D eigenvalue weighted by Crippen LogP contribution is -2.31. The van der Waals surface area contributed by atoms with Crippen molar-refractivity contribution < 1.29 is 103 Å². The summed E-state index contributed by atoms with van der Waals surface area (Å²) in [7, 11) is -9.05. The van der Waals surface area contributed by atoms with E-state index in [1.807, 2.05) is 60.8 Å². The molecule has 0 aliphatic carbocycles. The first-order valence-electron chi connectivity index (χ1n) is 65.4. The van der Waals surface area contributed by atoms with E-state index in [-0.39, 0.29) is 192 Å². The second-order valence-electron chi connectivity index (χ2n) is 34.6. The zero-order chi connectivity index (χ0) is 135. The van der Waals surface area contributed by atoms with Crippen LogP contribution >= 0.6 is 0 Å². The quantitative estimate of drug-likeness (QED) is 0.0176. The van der Waals surface area contributed by atoms with E-state index in [0.29, 0.717) is 52.6 Å². The lowest BCUT2D eigenvalue weighted by molar-refractivity contribution is 0.297. The molecule has 8 N–H and O–H groups in total. The highest BCUT2D eigenvalue weighted by molar-refractivity contribution is 7.90. The molecule has 4 aromatic carbocycles. The highest BCUT2D eigenvalue weighted by Crippen LogP contribution is 2.38. The van der Waals surface area contributed by atoms with Gasteiger partial charge in [-0.15, -0.1) is 0 Å². The molecule has 144 heavy (non-hydrogen) atoms. The number of likely N-dealkylation sites (tertiary alicyclic amines) is 4. The molecular weight excluding hydrogens is 1920 g/mol. The molecule has 5 unspecified atom stereocenters. The van der Waals surface area contributed by atoms with Crippen molar-refractivity contribution in [3.8, 4) is 68.5 Å². The van der Waals surface area contributed by atoms with Crippen LogP contribution in [0.4, 0.5) is 0 Å². The largest absolute Gasteiger partial charge is 0.493 e. The number of fused-ring (bicyclic) bond motifs is 4. The smallest absolute Gasteiger partial charge is 0.277 e. The summed E-state index contributed by atoms with van der Waals surface area (Å²) in [6.45, 7) is -16.3. The van der Waals surface area contributed by atoms with Crippen LogP contribution in [0, 0.1) is 0 Å². The summed E-state index contributed by atoms with van der Waals surface area (Å²) in [6.07, 6.45) is -7.14. The summed E-state index contributed by atoms with van der Waals surface area (Å²) in [5.41, 5.74) is -10.5. The van der Waals surface area contributed by atoms with Crippen LogP contribution in [0.1, 0.15) is 257 Å². The fourth-order valence-corrected chi connectivity index (χ4v) is 21.1. The molecule has 0 radical (unpaired) electrons. The molecular formula is C100H144N24O16S4. The first-order chi connectivity index (χ1) is 83.3. The Kier molecular flexibility index (Phi) is 24.2. The zero-order valence-electron chi connectivity index (χ0n) is 118. The molecule has 4 saturated heterocycles. The number of rotatable bonds is 44. The Hall–Kier alpha value is -11.0. The topological polar surface area (TPSA) is 489 Å². The molecule has 0 spiro atoms. The zero-order valence-corrected chi connectivity index (χ0v) is 83.9. The van der Waals surface area contributed by atoms with Crippen molar-refractivity contribution in [1.29, 1.82) is 0 Å². The van der Waals surface area contributed by atoms with Gasteiger partial charge >= 0.3 is 0 Å². The summed E-state index contributed by atoms with van der Waals surface area (Å²) < 4.78 is 432. The summed E-state index contributed by atoms with van der Waals surface area (Å²) >= 11 is 0. The van der Waals surface area contributed by atoms with E-state index in [1.165, 1.54) is 66.7 Å². The lowest BCUT2D eigenvalue weighted by Gasteiger charge is -2.19. The van der Waals surface area contributed by atoms with Crippen molar-refractivity contribution in [3.63, 3.8) is 0 Å². The molecule has 5 atom stereocenters. The second-order valence-corrected chi connectivity index (χ2v) is 41.6. The standard InChI is InChI=1S/4C25H36N6O4S/c4*1-5-8-20-22-23(31(4)29-20)25(32)28-24(27-22)19-16-18(10-11-21(19)35-15-6-2)36(33,34)26-13-12-17-9-7-14-30(17)3/h4*10-11,16-17,26H,5-9,12-15H2,1-4H3,(H,27,28,32)/i1D3,4D3,5D2,13D2;1D3,4D3,5D2,13D;1D3,4D3,5D2,8D2;1D3,4D3,5D2. The third kappa shape index (κ3) is 26.5. The number of aryl methyl sites for hydroxylation is 8. The summed E-state index contributed by atoms with van der Waals surface area (Å²) in [5, 5.41) is 15.3. The van der Waals surface area contributed by atoms with E-state index in [9.17, 15) is 52.8 Å². The summed E-state index contributed by atoms with van der Waals surface area (Å²) in [6, 6.07) is 15.8. The van der Waals surface area contributed by atoms with Crippen LogP contribution in [0.25, 0.3) is 89.7 Å². The molecule has 0 bridgehead atoms. The van der Waals surface area contributed by atoms with Crippen molar-refractivity contribution in [2.24, 2.45) is 27.9 Å². The van der Waals surface area contributed by atoms with E-state index in [0.717, 1.165) is 83.6 Å². The number of hydrogen-bond donors (Lipinski definition) is 8. The number of benzene rings is 4. The van der Waals surface area contributed by atoms with Gasteiger partial charge in [-0.05, 0) is 256 Å². The Balaban J connectivity index is 0.000000196. The van der Waals surface area contributed by atoms with Crippen molar-refractivity contribution in [1.82, 2.24) is 117 Å². The van der Waals surface area contributed by atoms with Gasteiger partial charge in [-0.25, -0.2) is 72.5 Å². The molecule has 16 rings (SSSR count). The maximum absolute atomic E-state index is 13.4. The highest BCUT2D eigenvalue weighted by Gasteiger charge is 2.32. The van der Waals surface area contributed by atoms with E-state index in [4.69, 9.17) is 69.7 Å². The number of aromatic amines is 4. The Morgan fingerprint density at radius 2 is 0.646 bits per heavy atom. The Labute approximate surface area is 895 Å². The van der Waals surface area contributed by atoms with Gasteiger partial charge < -0.3 is 58.5 Å². The third-order valence-electron chi connectivity index (χ3n) is 24.6. The highest BCUT2D eigenvalue weighted by atomic mass is 32.2. The predicted molar refractivity (Wildman–Crippen MR) is 559 cm³/mol. The monoisotopic (exact) mass is 2100 g/mol. The number of H-pyrrole nitrogens is 4.